The second kappa shape index (κ2) is 27.4. The summed E-state index contributed by atoms with van der Waals surface area (Å²) in [5.41, 5.74) is 0. The Labute approximate surface area is 246 Å². The van der Waals surface area contributed by atoms with Crippen LogP contribution in [0.25, 0.3) is 0 Å². The molecular formula is C37H72N2. The molecule has 230 valence electrons. The molecule has 1 heterocycles. The minimum absolute atomic E-state index is 0.590. The van der Waals surface area contributed by atoms with Crippen LogP contribution in [0.4, 0.5) is 0 Å². The molecule has 2 heteroatoms. The van der Waals surface area contributed by atoms with Gasteiger partial charge in [0.1, 0.15) is 5.82 Å². The minimum Gasteiger partial charge on any atom is -0.332 e. The molecule has 2 unspecified atom stereocenters. The number of nitrogens with zero attached hydrogens (tertiary/aromatic N) is 2. The van der Waals surface area contributed by atoms with Crippen LogP contribution in [0.1, 0.15) is 225 Å². The maximum Gasteiger partial charge on any atom is 0.111 e. The van der Waals surface area contributed by atoms with Crippen molar-refractivity contribution in [3.63, 3.8) is 0 Å². The number of hydrogen-bond donors (Lipinski definition) is 0. The van der Waals surface area contributed by atoms with Gasteiger partial charge in [-0.3, -0.25) is 0 Å². The van der Waals surface area contributed by atoms with Gasteiger partial charge in [0.2, 0.25) is 0 Å². The Hall–Kier alpha value is -0.790. The molecule has 0 spiro atoms. The number of rotatable bonds is 30. The van der Waals surface area contributed by atoms with Crippen LogP contribution in [0.15, 0.2) is 12.4 Å². The van der Waals surface area contributed by atoms with E-state index in [0.29, 0.717) is 12.0 Å². The third-order valence-corrected chi connectivity index (χ3v) is 9.08. The van der Waals surface area contributed by atoms with Crippen LogP contribution >= 0.6 is 0 Å². The van der Waals surface area contributed by atoms with Crippen LogP contribution in [-0.4, -0.2) is 9.55 Å². The fraction of sp³-hybridized carbons (Fsp3) is 0.919. The lowest BCUT2D eigenvalue weighted by molar-refractivity contribution is 0.412. The van der Waals surface area contributed by atoms with Gasteiger partial charge < -0.3 is 4.57 Å². The molecule has 2 nitrogen and oxygen atoms in total. The third kappa shape index (κ3) is 19.8. The minimum atomic E-state index is 0.590. The van der Waals surface area contributed by atoms with Crippen LogP contribution in [0.2, 0.25) is 0 Å². The van der Waals surface area contributed by atoms with E-state index in [-0.39, 0.29) is 0 Å². The van der Waals surface area contributed by atoms with Gasteiger partial charge in [-0.15, -0.1) is 0 Å². The molecule has 0 aliphatic rings. The van der Waals surface area contributed by atoms with Crippen LogP contribution in [0.5, 0.6) is 0 Å². The molecule has 1 rings (SSSR count). The van der Waals surface area contributed by atoms with Crippen molar-refractivity contribution in [3.8, 4) is 0 Å². The fourth-order valence-corrected chi connectivity index (χ4v) is 6.35. The first-order valence-corrected chi connectivity index (χ1v) is 18.3. The van der Waals surface area contributed by atoms with Crippen LogP contribution in [0.3, 0.4) is 0 Å². The molecule has 0 aliphatic carbocycles. The predicted molar refractivity (Wildman–Crippen MR) is 176 cm³/mol. The molecule has 0 saturated carbocycles. The van der Waals surface area contributed by atoms with Gasteiger partial charge in [-0.2, -0.15) is 0 Å². The summed E-state index contributed by atoms with van der Waals surface area (Å²) < 4.78 is 2.57. The number of unbranched alkanes of at least 4 members (excludes halogenated alkanes) is 22. The smallest absolute Gasteiger partial charge is 0.111 e. The molecule has 0 amide bonds. The summed E-state index contributed by atoms with van der Waals surface area (Å²) in [4.78, 5) is 4.97. The van der Waals surface area contributed by atoms with Crippen molar-refractivity contribution >= 4 is 0 Å². The number of hydrogen-bond acceptors (Lipinski definition) is 1. The van der Waals surface area contributed by atoms with Crippen LogP contribution in [-0.2, 0) is 0 Å². The topological polar surface area (TPSA) is 17.8 Å². The summed E-state index contributed by atoms with van der Waals surface area (Å²) in [5.74, 6) is 2.06. The Morgan fingerprint density at radius 1 is 0.487 bits per heavy atom. The van der Waals surface area contributed by atoms with E-state index in [1.165, 1.54) is 186 Å². The zero-order valence-corrected chi connectivity index (χ0v) is 27.5. The zero-order valence-electron chi connectivity index (χ0n) is 27.5. The molecule has 0 N–H and O–H groups in total. The lowest BCUT2D eigenvalue weighted by Gasteiger charge is -2.22. The van der Waals surface area contributed by atoms with E-state index in [0.717, 1.165) is 0 Å². The molecule has 0 bridgehead atoms. The molecule has 2 atom stereocenters. The molecular weight excluding hydrogens is 472 g/mol. The summed E-state index contributed by atoms with van der Waals surface area (Å²) in [6.07, 6.45) is 43.8. The Bertz CT molecular complexity index is 606. The van der Waals surface area contributed by atoms with Crippen molar-refractivity contribution in [3.05, 3.63) is 18.2 Å². The first-order chi connectivity index (χ1) is 19.2. The lowest BCUT2D eigenvalue weighted by atomic mass is 9.93. The van der Waals surface area contributed by atoms with Gasteiger partial charge in [0.05, 0.1) is 0 Å². The highest BCUT2D eigenvalue weighted by molar-refractivity contribution is 5.02. The fourth-order valence-electron chi connectivity index (χ4n) is 6.35. The van der Waals surface area contributed by atoms with Crippen LogP contribution < -0.4 is 0 Å². The summed E-state index contributed by atoms with van der Waals surface area (Å²) in [6, 6.07) is 0.590. The number of imidazole rings is 1. The lowest BCUT2D eigenvalue weighted by Crippen LogP contribution is -2.13. The predicted octanol–water partition coefficient (Wildman–Crippen LogP) is 13.5. The first kappa shape index (κ1) is 36.2. The van der Waals surface area contributed by atoms with Gasteiger partial charge in [-0.1, -0.05) is 181 Å². The first-order valence-electron chi connectivity index (χ1n) is 18.3. The van der Waals surface area contributed by atoms with Crippen molar-refractivity contribution < 1.29 is 0 Å². The van der Waals surface area contributed by atoms with E-state index in [1.807, 2.05) is 0 Å². The van der Waals surface area contributed by atoms with Crippen molar-refractivity contribution in [1.29, 1.82) is 0 Å². The third-order valence-electron chi connectivity index (χ3n) is 9.08. The number of aromatic nitrogens is 2. The second-order valence-electron chi connectivity index (χ2n) is 12.9. The normalized spacial score (nSPS) is 13.2. The van der Waals surface area contributed by atoms with E-state index in [4.69, 9.17) is 4.98 Å². The van der Waals surface area contributed by atoms with Gasteiger partial charge >= 0.3 is 0 Å². The SMILES string of the molecule is CCCCCCCCCCCCCCC(C)n1ccnc1C(CCCCCCC)CCCCCCCCCC. The summed E-state index contributed by atoms with van der Waals surface area (Å²) in [7, 11) is 0. The van der Waals surface area contributed by atoms with Crippen molar-refractivity contribution in [2.24, 2.45) is 0 Å². The Morgan fingerprint density at radius 3 is 1.21 bits per heavy atom. The average molecular weight is 545 g/mol. The van der Waals surface area contributed by atoms with Gasteiger partial charge in [-0.25, -0.2) is 4.98 Å². The monoisotopic (exact) mass is 545 g/mol. The Morgan fingerprint density at radius 2 is 0.821 bits per heavy atom. The highest BCUT2D eigenvalue weighted by Gasteiger charge is 2.19. The highest BCUT2D eigenvalue weighted by Crippen LogP contribution is 2.30. The molecule has 0 saturated heterocycles. The summed E-state index contributed by atoms with van der Waals surface area (Å²) in [5, 5.41) is 0. The van der Waals surface area contributed by atoms with Crippen molar-refractivity contribution in [2.45, 2.75) is 219 Å². The van der Waals surface area contributed by atoms with Crippen molar-refractivity contribution in [1.82, 2.24) is 9.55 Å². The average Bonchev–Trinajstić information content (AvgIpc) is 3.44. The quantitative estimate of drug-likeness (QED) is 0.0880. The van der Waals surface area contributed by atoms with E-state index >= 15 is 0 Å². The van der Waals surface area contributed by atoms with E-state index < -0.39 is 0 Å². The molecule has 0 fully saturated rings. The maximum absolute atomic E-state index is 4.97. The molecule has 1 aromatic heterocycles. The van der Waals surface area contributed by atoms with E-state index in [2.05, 4.69) is 44.7 Å². The van der Waals surface area contributed by atoms with Gasteiger partial charge in [0, 0.05) is 24.4 Å². The highest BCUT2D eigenvalue weighted by atomic mass is 15.1. The van der Waals surface area contributed by atoms with Crippen LogP contribution in [0, 0.1) is 0 Å². The molecule has 39 heavy (non-hydrogen) atoms. The summed E-state index contributed by atoms with van der Waals surface area (Å²) in [6.45, 7) is 9.38. The second-order valence-corrected chi connectivity index (χ2v) is 12.9. The van der Waals surface area contributed by atoms with Gasteiger partial charge in [0.25, 0.3) is 0 Å². The van der Waals surface area contributed by atoms with Crippen molar-refractivity contribution in [2.75, 3.05) is 0 Å². The Kier molecular flexibility index (Phi) is 25.4. The van der Waals surface area contributed by atoms with Gasteiger partial charge in [-0.05, 0) is 26.2 Å². The summed E-state index contributed by atoms with van der Waals surface area (Å²) >= 11 is 0. The molecule has 1 aromatic rings. The van der Waals surface area contributed by atoms with Gasteiger partial charge in [0.15, 0.2) is 0 Å². The largest absolute Gasteiger partial charge is 0.332 e. The Balaban J connectivity index is 2.36. The van der Waals surface area contributed by atoms with E-state index in [9.17, 15) is 0 Å². The van der Waals surface area contributed by atoms with E-state index in [1.54, 1.807) is 0 Å². The zero-order chi connectivity index (χ0) is 28.2. The maximum atomic E-state index is 4.97. The molecule has 0 aliphatic heterocycles. The molecule has 0 aromatic carbocycles. The standard InChI is InChI=1S/C37H72N2/c1-5-8-11-14-16-18-19-20-21-22-25-27-30-35(4)39-34-33-38-37(39)36(31-28-24-13-10-7-3)32-29-26-23-17-15-12-9-6-2/h33-36H,5-32H2,1-4H3. The molecule has 0 radical (unpaired) electrons.